The number of hydrogen-bond acceptors (Lipinski definition) is 3. The Morgan fingerprint density at radius 1 is 1.07 bits per heavy atom. The maximum Gasteiger partial charge on any atom is 0.305 e. The highest BCUT2D eigenvalue weighted by Gasteiger charge is 2.28. The van der Waals surface area contributed by atoms with Gasteiger partial charge in [-0.3, -0.25) is 4.79 Å². The molecule has 1 fully saturated rings. The zero-order valence-corrected chi connectivity index (χ0v) is 16.6. The highest BCUT2D eigenvalue weighted by Crippen LogP contribution is 2.37. The van der Waals surface area contributed by atoms with Crippen molar-refractivity contribution in [3.05, 3.63) is 89.7 Å². The Bertz CT molecular complexity index is 1040. The fourth-order valence-corrected chi connectivity index (χ4v) is 4.05. The number of anilines is 1. The number of aliphatic carboxylic acids is 1. The number of para-hydroxylation sites is 2. The van der Waals surface area contributed by atoms with Crippen molar-refractivity contribution in [3.63, 3.8) is 0 Å². The summed E-state index contributed by atoms with van der Waals surface area (Å²) in [5, 5.41) is 9.23. The molecule has 1 heterocycles. The first-order valence-electron chi connectivity index (χ1n) is 10.2. The van der Waals surface area contributed by atoms with Crippen LogP contribution in [-0.4, -0.2) is 23.7 Å². The summed E-state index contributed by atoms with van der Waals surface area (Å²) in [5.41, 5.74) is 2.50. The summed E-state index contributed by atoms with van der Waals surface area (Å²) < 4.78 is 20.2. The number of nitrogens with zero attached hydrogens (tertiary/aromatic N) is 1. The van der Waals surface area contributed by atoms with Gasteiger partial charge in [-0.15, -0.1) is 0 Å². The Kier molecular flexibility index (Phi) is 5.98. The number of rotatable bonds is 7. The molecular formula is C25H24FNO3. The molecular weight excluding hydrogens is 381 g/mol. The molecule has 0 aromatic heterocycles. The van der Waals surface area contributed by atoms with E-state index >= 15 is 0 Å². The van der Waals surface area contributed by atoms with Gasteiger partial charge in [0.25, 0.3) is 0 Å². The fraction of sp³-hybridized carbons (Fsp3) is 0.240. The minimum atomic E-state index is -0.786. The molecule has 0 spiro atoms. The van der Waals surface area contributed by atoms with E-state index in [4.69, 9.17) is 4.74 Å². The average molecular weight is 405 g/mol. The molecule has 1 N–H and O–H groups in total. The molecule has 5 heteroatoms. The average Bonchev–Trinajstić information content (AvgIpc) is 3.18. The maximum absolute atomic E-state index is 14.0. The SMILES string of the molecule is O=C(O)CC1CCCN1c1ccccc1Oc1cccc(Cc2ccccc2F)c1. The van der Waals surface area contributed by atoms with Gasteiger partial charge < -0.3 is 14.7 Å². The summed E-state index contributed by atoms with van der Waals surface area (Å²) in [7, 11) is 0. The number of carboxylic acids is 1. The van der Waals surface area contributed by atoms with Gasteiger partial charge in [0.2, 0.25) is 0 Å². The molecule has 30 heavy (non-hydrogen) atoms. The predicted molar refractivity (Wildman–Crippen MR) is 115 cm³/mol. The highest BCUT2D eigenvalue weighted by molar-refractivity contribution is 5.70. The largest absolute Gasteiger partial charge is 0.481 e. The van der Waals surface area contributed by atoms with E-state index in [0.717, 1.165) is 30.6 Å². The standard InChI is InChI=1S/C25H24FNO3/c26-22-11-2-1-8-19(22)15-18-7-5-10-21(16-18)30-24-13-4-3-12-23(24)27-14-6-9-20(27)17-25(28)29/h1-5,7-8,10-13,16,20H,6,9,14-15,17H2,(H,28,29). The van der Waals surface area contributed by atoms with E-state index in [1.54, 1.807) is 12.1 Å². The van der Waals surface area contributed by atoms with Crippen LogP contribution in [0.3, 0.4) is 0 Å². The monoisotopic (exact) mass is 405 g/mol. The van der Waals surface area contributed by atoms with E-state index in [1.807, 2.05) is 54.6 Å². The van der Waals surface area contributed by atoms with Crippen molar-refractivity contribution in [1.82, 2.24) is 0 Å². The first kappa shape index (κ1) is 20.0. The number of halogens is 1. The van der Waals surface area contributed by atoms with Crippen LogP contribution >= 0.6 is 0 Å². The summed E-state index contributed by atoms with van der Waals surface area (Å²) in [4.78, 5) is 13.4. The van der Waals surface area contributed by atoms with E-state index in [-0.39, 0.29) is 18.3 Å². The molecule has 3 aromatic carbocycles. The van der Waals surface area contributed by atoms with Crippen LogP contribution in [0.4, 0.5) is 10.1 Å². The Labute approximate surface area is 175 Å². The van der Waals surface area contributed by atoms with Crippen LogP contribution in [0.5, 0.6) is 11.5 Å². The van der Waals surface area contributed by atoms with E-state index in [1.165, 1.54) is 6.07 Å². The van der Waals surface area contributed by atoms with E-state index in [9.17, 15) is 14.3 Å². The smallest absolute Gasteiger partial charge is 0.305 e. The highest BCUT2D eigenvalue weighted by atomic mass is 19.1. The topological polar surface area (TPSA) is 49.8 Å². The number of carbonyl (C=O) groups is 1. The minimum absolute atomic E-state index is 0.0281. The van der Waals surface area contributed by atoms with Crippen LogP contribution in [-0.2, 0) is 11.2 Å². The first-order valence-corrected chi connectivity index (χ1v) is 10.2. The van der Waals surface area contributed by atoms with Gasteiger partial charge in [0.1, 0.15) is 11.6 Å². The Morgan fingerprint density at radius 2 is 1.87 bits per heavy atom. The predicted octanol–water partition coefficient (Wildman–Crippen LogP) is 5.65. The normalized spacial score (nSPS) is 15.9. The Hall–Kier alpha value is -3.34. The van der Waals surface area contributed by atoms with Crippen molar-refractivity contribution in [2.24, 2.45) is 0 Å². The second kappa shape index (κ2) is 8.99. The molecule has 4 rings (SSSR count). The lowest BCUT2D eigenvalue weighted by molar-refractivity contribution is -0.137. The van der Waals surface area contributed by atoms with Crippen LogP contribution < -0.4 is 9.64 Å². The maximum atomic E-state index is 14.0. The summed E-state index contributed by atoms with van der Waals surface area (Å²) in [6, 6.07) is 22.1. The van der Waals surface area contributed by atoms with Crippen LogP contribution in [0, 0.1) is 5.82 Å². The number of hydrogen-bond donors (Lipinski definition) is 1. The molecule has 0 saturated carbocycles. The van der Waals surface area contributed by atoms with Crippen LogP contribution in [0.2, 0.25) is 0 Å². The van der Waals surface area contributed by atoms with E-state index in [2.05, 4.69) is 4.90 Å². The van der Waals surface area contributed by atoms with Crippen molar-refractivity contribution in [2.45, 2.75) is 31.7 Å². The molecule has 0 amide bonds. The molecule has 1 aliphatic heterocycles. The lowest BCUT2D eigenvalue weighted by Crippen LogP contribution is -2.31. The zero-order valence-electron chi connectivity index (χ0n) is 16.6. The molecule has 3 aromatic rings. The van der Waals surface area contributed by atoms with Crippen LogP contribution in [0.15, 0.2) is 72.8 Å². The molecule has 1 atom stereocenters. The molecule has 1 unspecified atom stereocenters. The summed E-state index contributed by atoms with van der Waals surface area (Å²) >= 11 is 0. The van der Waals surface area contributed by atoms with Crippen molar-refractivity contribution >= 4 is 11.7 Å². The van der Waals surface area contributed by atoms with Crippen LogP contribution in [0.25, 0.3) is 0 Å². The first-order chi connectivity index (χ1) is 14.6. The summed E-state index contributed by atoms with van der Waals surface area (Å²) in [5.74, 6) is 0.363. The van der Waals surface area contributed by atoms with Gasteiger partial charge in [-0.2, -0.15) is 0 Å². The second-order valence-corrected chi connectivity index (χ2v) is 7.57. The number of benzene rings is 3. The van der Waals surface area contributed by atoms with Gasteiger partial charge in [0.05, 0.1) is 12.1 Å². The summed E-state index contributed by atoms with van der Waals surface area (Å²) in [6.45, 7) is 0.811. The quantitative estimate of drug-likeness (QED) is 0.552. The molecule has 154 valence electrons. The molecule has 4 nitrogen and oxygen atoms in total. The third-order valence-corrected chi connectivity index (χ3v) is 5.44. The van der Waals surface area contributed by atoms with Crippen molar-refractivity contribution < 1.29 is 19.0 Å². The van der Waals surface area contributed by atoms with Crippen molar-refractivity contribution in [3.8, 4) is 11.5 Å². The van der Waals surface area contributed by atoms with Crippen LogP contribution in [0.1, 0.15) is 30.4 Å². The number of ether oxygens (including phenoxy) is 1. The van der Waals surface area contributed by atoms with Gasteiger partial charge in [-0.1, -0.05) is 42.5 Å². The molecule has 0 bridgehead atoms. The number of carboxylic acid groups (broad SMARTS) is 1. The third kappa shape index (κ3) is 4.62. The minimum Gasteiger partial charge on any atom is -0.481 e. The van der Waals surface area contributed by atoms with Gasteiger partial charge >= 0.3 is 5.97 Å². The molecule has 1 aliphatic rings. The third-order valence-electron chi connectivity index (χ3n) is 5.44. The summed E-state index contributed by atoms with van der Waals surface area (Å²) in [6.07, 6.45) is 2.42. The Balaban J connectivity index is 1.55. The van der Waals surface area contributed by atoms with Gasteiger partial charge in [-0.25, -0.2) is 4.39 Å². The molecule has 1 saturated heterocycles. The second-order valence-electron chi connectivity index (χ2n) is 7.57. The fourth-order valence-electron chi connectivity index (χ4n) is 4.05. The molecule has 0 radical (unpaired) electrons. The Morgan fingerprint density at radius 3 is 2.70 bits per heavy atom. The van der Waals surface area contributed by atoms with Gasteiger partial charge in [-0.05, 0) is 54.3 Å². The van der Waals surface area contributed by atoms with Gasteiger partial charge in [0, 0.05) is 19.0 Å². The lowest BCUT2D eigenvalue weighted by Gasteiger charge is -2.27. The van der Waals surface area contributed by atoms with Crippen molar-refractivity contribution in [2.75, 3.05) is 11.4 Å². The van der Waals surface area contributed by atoms with Gasteiger partial charge in [0.15, 0.2) is 5.75 Å². The van der Waals surface area contributed by atoms with E-state index in [0.29, 0.717) is 23.5 Å². The zero-order chi connectivity index (χ0) is 20.9. The molecule has 0 aliphatic carbocycles. The van der Waals surface area contributed by atoms with E-state index < -0.39 is 5.97 Å². The lowest BCUT2D eigenvalue weighted by atomic mass is 10.0. The van der Waals surface area contributed by atoms with Crippen molar-refractivity contribution in [1.29, 1.82) is 0 Å².